The van der Waals surface area contributed by atoms with Crippen molar-refractivity contribution in [1.29, 1.82) is 0 Å². The molecule has 140 valence electrons. The molecule has 7 nitrogen and oxygen atoms in total. The second-order valence-corrected chi connectivity index (χ2v) is 6.93. The molecule has 3 atom stereocenters. The molecule has 1 fully saturated rings. The maximum absolute atomic E-state index is 13.8. The Balaban J connectivity index is 1.72. The number of hydrogen-bond acceptors (Lipinski definition) is 6. The quantitative estimate of drug-likeness (QED) is 0.764. The molecule has 1 aromatic carbocycles. The van der Waals surface area contributed by atoms with Crippen LogP contribution in [0.15, 0.2) is 12.1 Å². The highest BCUT2D eigenvalue weighted by Crippen LogP contribution is 2.34. The van der Waals surface area contributed by atoms with Crippen LogP contribution in [0.5, 0.6) is 11.6 Å². The standard InChI is InChI=1S/C17H20FN3O4S/c1-3-8-11(20-16(23)14(8)18)4-5-25-17-10-6-12(24-2)9(15(19)22)7-13(10)26-21-17/h6-8,11,14H,3-5H2,1-2H3,(H2,19,22)(H,20,23)/t8-,11+,14-/m0/s1. The smallest absolute Gasteiger partial charge is 0.255 e. The first-order valence-corrected chi connectivity index (χ1v) is 9.08. The number of fused-ring (bicyclic) bond motifs is 1. The van der Waals surface area contributed by atoms with Gasteiger partial charge in [-0.25, -0.2) is 4.39 Å². The zero-order valence-electron chi connectivity index (χ0n) is 14.5. The number of alkyl halides is 1. The molecule has 0 radical (unpaired) electrons. The molecular weight excluding hydrogens is 361 g/mol. The van der Waals surface area contributed by atoms with E-state index in [4.69, 9.17) is 15.2 Å². The Kier molecular flexibility index (Phi) is 5.26. The lowest BCUT2D eigenvalue weighted by molar-refractivity contribution is -0.123. The van der Waals surface area contributed by atoms with Crippen molar-refractivity contribution in [2.24, 2.45) is 11.7 Å². The molecule has 1 aliphatic rings. The highest BCUT2D eigenvalue weighted by molar-refractivity contribution is 7.13. The van der Waals surface area contributed by atoms with Gasteiger partial charge in [0.1, 0.15) is 5.75 Å². The maximum Gasteiger partial charge on any atom is 0.255 e. The summed E-state index contributed by atoms with van der Waals surface area (Å²) in [6.07, 6.45) is -0.390. The molecule has 0 aliphatic carbocycles. The van der Waals surface area contributed by atoms with Crippen molar-refractivity contribution in [1.82, 2.24) is 9.69 Å². The molecular formula is C17H20FN3O4S. The summed E-state index contributed by atoms with van der Waals surface area (Å²) in [5, 5.41) is 3.39. The Morgan fingerprint density at radius 2 is 2.23 bits per heavy atom. The monoisotopic (exact) mass is 381 g/mol. The zero-order valence-corrected chi connectivity index (χ0v) is 15.3. The minimum atomic E-state index is -1.46. The molecule has 3 rings (SSSR count). The number of rotatable bonds is 7. The lowest BCUT2D eigenvalue weighted by Gasteiger charge is -2.17. The topological polar surface area (TPSA) is 104 Å². The first kappa shape index (κ1) is 18.4. The summed E-state index contributed by atoms with van der Waals surface area (Å²) in [6.45, 7) is 2.15. The number of nitrogens with two attached hydrogens (primary N) is 1. The van der Waals surface area contributed by atoms with Crippen LogP contribution in [0.1, 0.15) is 30.1 Å². The minimum absolute atomic E-state index is 0.247. The van der Waals surface area contributed by atoms with Crippen molar-refractivity contribution >= 4 is 33.4 Å². The van der Waals surface area contributed by atoms with E-state index in [2.05, 4.69) is 9.69 Å². The summed E-state index contributed by atoms with van der Waals surface area (Å²) in [7, 11) is 1.45. The number of nitrogens with zero attached hydrogens (tertiary/aromatic N) is 1. The molecule has 9 heteroatoms. The highest BCUT2D eigenvalue weighted by atomic mass is 32.1. The molecule has 0 unspecified atom stereocenters. The number of primary amides is 1. The summed E-state index contributed by atoms with van der Waals surface area (Å²) in [5.41, 5.74) is 5.64. The Morgan fingerprint density at radius 3 is 2.88 bits per heavy atom. The van der Waals surface area contributed by atoms with Crippen molar-refractivity contribution in [3.05, 3.63) is 17.7 Å². The van der Waals surface area contributed by atoms with Gasteiger partial charge >= 0.3 is 0 Å². The summed E-state index contributed by atoms with van der Waals surface area (Å²) in [4.78, 5) is 23.0. The van der Waals surface area contributed by atoms with Gasteiger partial charge in [0.15, 0.2) is 6.17 Å². The predicted molar refractivity (Wildman–Crippen MR) is 95.4 cm³/mol. The van der Waals surface area contributed by atoms with Crippen LogP contribution < -0.4 is 20.5 Å². The lowest BCUT2D eigenvalue weighted by atomic mass is 9.94. The molecule has 3 N–H and O–H groups in total. The SMILES string of the molecule is CC[C@@H]1[C@H](F)C(=O)N[C@@H]1CCOc1nsc2cc(C(N)=O)c(OC)cc12. The third-order valence-corrected chi connectivity index (χ3v) is 5.43. The van der Waals surface area contributed by atoms with Crippen LogP contribution in [-0.4, -0.2) is 42.1 Å². The number of halogens is 1. The van der Waals surface area contributed by atoms with Gasteiger partial charge < -0.3 is 20.5 Å². The van der Waals surface area contributed by atoms with Gasteiger partial charge in [-0.1, -0.05) is 6.92 Å². The Bertz CT molecular complexity index is 841. The van der Waals surface area contributed by atoms with E-state index in [9.17, 15) is 14.0 Å². The van der Waals surface area contributed by atoms with E-state index < -0.39 is 18.0 Å². The van der Waals surface area contributed by atoms with E-state index in [1.807, 2.05) is 6.92 Å². The fourth-order valence-corrected chi connectivity index (χ4v) is 3.98. The van der Waals surface area contributed by atoms with Crippen molar-refractivity contribution in [3.8, 4) is 11.6 Å². The lowest BCUT2D eigenvalue weighted by Crippen LogP contribution is -2.30. The zero-order chi connectivity index (χ0) is 18.8. The number of nitrogens with one attached hydrogen (secondary N) is 1. The third kappa shape index (κ3) is 3.31. The molecule has 0 spiro atoms. The van der Waals surface area contributed by atoms with Crippen molar-refractivity contribution in [2.75, 3.05) is 13.7 Å². The maximum atomic E-state index is 13.8. The van der Waals surface area contributed by atoms with Crippen LogP contribution in [0, 0.1) is 5.92 Å². The number of methoxy groups -OCH3 is 1. The highest BCUT2D eigenvalue weighted by Gasteiger charge is 2.41. The van der Waals surface area contributed by atoms with Crippen molar-refractivity contribution in [3.63, 3.8) is 0 Å². The number of hydrogen-bond donors (Lipinski definition) is 2. The van der Waals surface area contributed by atoms with Gasteiger partial charge in [-0.15, -0.1) is 0 Å². The molecule has 1 saturated heterocycles. The number of ether oxygens (including phenoxy) is 2. The number of aromatic nitrogens is 1. The van der Waals surface area contributed by atoms with Gasteiger partial charge in [-0.2, -0.15) is 4.37 Å². The molecule has 2 heterocycles. The first-order chi connectivity index (χ1) is 12.5. The average molecular weight is 381 g/mol. The van der Waals surface area contributed by atoms with E-state index in [0.717, 1.165) is 4.70 Å². The van der Waals surface area contributed by atoms with E-state index in [0.29, 0.717) is 29.9 Å². The minimum Gasteiger partial charge on any atom is -0.496 e. The molecule has 0 saturated carbocycles. The van der Waals surface area contributed by atoms with Crippen LogP contribution in [0.4, 0.5) is 4.39 Å². The molecule has 1 aromatic heterocycles. The summed E-state index contributed by atoms with van der Waals surface area (Å²) in [5.74, 6) is -0.706. The van der Waals surface area contributed by atoms with Crippen LogP contribution in [-0.2, 0) is 4.79 Å². The average Bonchev–Trinajstić information content (AvgIpc) is 3.14. The number of carbonyl (C=O) groups excluding carboxylic acids is 2. The fraction of sp³-hybridized carbons (Fsp3) is 0.471. The van der Waals surface area contributed by atoms with Gasteiger partial charge in [-0.3, -0.25) is 9.59 Å². The van der Waals surface area contributed by atoms with Gasteiger partial charge in [0, 0.05) is 18.4 Å². The Hall–Kier alpha value is -2.42. The normalized spacial score (nSPS) is 22.4. The van der Waals surface area contributed by atoms with Gasteiger partial charge in [0.2, 0.25) is 5.88 Å². The predicted octanol–water partition coefficient (Wildman–Crippen LogP) is 2.04. The second kappa shape index (κ2) is 7.45. The van der Waals surface area contributed by atoms with Crippen LogP contribution in [0.2, 0.25) is 0 Å². The van der Waals surface area contributed by atoms with Crippen molar-refractivity contribution in [2.45, 2.75) is 32.0 Å². The molecule has 26 heavy (non-hydrogen) atoms. The number of benzene rings is 1. The largest absolute Gasteiger partial charge is 0.496 e. The molecule has 0 bridgehead atoms. The van der Waals surface area contributed by atoms with Crippen LogP contribution >= 0.6 is 11.5 Å². The summed E-state index contributed by atoms with van der Waals surface area (Å²) >= 11 is 1.19. The van der Waals surface area contributed by atoms with E-state index in [1.165, 1.54) is 18.6 Å². The van der Waals surface area contributed by atoms with Gasteiger partial charge in [-0.05, 0) is 30.1 Å². The fourth-order valence-electron chi connectivity index (χ4n) is 3.24. The Morgan fingerprint density at radius 1 is 1.46 bits per heavy atom. The molecule has 2 aromatic rings. The summed E-state index contributed by atoms with van der Waals surface area (Å²) in [6, 6.07) is 3.04. The van der Waals surface area contributed by atoms with E-state index >= 15 is 0 Å². The van der Waals surface area contributed by atoms with Gasteiger partial charge in [0.05, 0.1) is 29.4 Å². The second-order valence-electron chi connectivity index (χ2n) is 6.13. The van der Waals surface area contributed by atoms with Crippen LogP contribution in [0.25, 0.3) is 10.1 Å². The molecule has 1 aliphatic heterocycles. The Labute approximate surface area is 153 Å². The van der Waals surface area contributed by atoms with E-state index in [1.54, 1.807) is 12.1 Å². The number of carbonyl (C=O) groups is 2. The van der Waals surface area contributed by atoms with Crippen LogP contribution in [0.3, 0.4) is 0 Å². The first-order valence-electron chi connectivity index (χ1n) is 8.30. The molecule has 2 amide bonds. The third-order valence-electron chi connectivity index (χ3n) is 4.63. The van der Waals surface area contributed by atoms with Gasteiger partial charge in [0.25, 0.3) is 11.8 Å². The van der Waals surface area contributed by atoms with E-state index in [-0.39, 0.29) is 24.1 Å². The summed E-state index contributed by atoms with van der Waals surface area (Å²) < 4.78 is 29.8. The van der Waals surface area contributed by atoms with Crippen molar-refractivity contribution < 1.29 is 23.5 Å². The number of amides is 2.